The van der Waals surface area contributed by atoms with E-state index in [1.54, 1.807) is 4.90 Å². The highest BCUT2D eigenvalue weighted by atomic mass is 35.5. The summed E-state index contributed by atoms with van der Waals surface area (Å²) >= 11 is 0. The normalized spacial score (nSPS) is 20.4. The van der Waals surface area contributed by atoms with Crippen molar-refractivity contribution in [1.82, 2.24) is 10.2 Å². The number of piperidine rings is 1. The van der Waals surface area contributed by atoms with Crippen LogP contribution in [-0.4, -0.2) is 37.0 Å². The second kappa shape index (κ2) is 6.28. The summed E-state index contributed by atoms with van der Waals surface area (Å²) in [5, 5.41) is 3.32. The van der Waals surface area contributed by atoms with Crippen molar-refractivity contribution in [3.8, 4) is 0 Å². The molecule has 116 valence electrons. The fourth-order valence-electron chi connectivity index (χ4n) is 3.31. The molecule has 2 saturated heterocycles. The van der Waals surface area contributed by atoms with Crippen molar-refractivity contribution in [2.24, 2.45) is 5.41 Å². The molecule has 0 atom stereocenters. The van der Waals surface area contributed by atoms with Crippen molar-refractivity contribution in [3.63, 3.8) is 0 Å². The minimum absolute atomic E-state index is 0. The van der Waals surface area contributed by atoms with E-state index in [-0.39, 0.29) is 23.4 Å². The first-order valence-electron chi connectivity index (χ1n) is 7.05. The number of benzene rings is 1. The Hall–Kier alpha value is -1.20. The van der Waals surface area contributed by atoms with Crippen LogP contribution in [-0.2, 0) is 0 Å². The molecule has 1 amide bonds. The molecule has 2 heterocycles. The van der Waals surface area contributed by atoms with E-state index in [1.807, 2.05) is 0 Å². The lowest BCUT2D eigenvalue weighted by Gasteiger charge is -2.33. The predicted molar refractivity (Wildman–Crippen MR) is 78.7 cm³/mol. The van der Waals surface area contributed by atoms with Gasteiger partial charge in [-0.2, -0.15) is 0 Å². The van der Waals surface area contributed by atoms with Crippen LogP contribution < -0.4 is 5.32 Å². The molecular formula is C15H19ClF2N2O. The summed E-state index contributed by atoms with van der Waals surface area (Å²) in [5.41, 5.74) is 0.0148. The Labute approximate surface area is 129 Å². The summed E-state index contributed by atoms with van der Waals surface area (Å²) in [6.45, 7) is 3.23. The third-order valence-electron chi connectivity index (χ3n) is 4.57. The number of rotatable bonds is 1. The summed E-state index contributed by atoms with van der Waals surface area (Å²) in [4.78, 5) is 14.0. The SMILES string of the molecule is Cl.O=C(c1cccc(F)c1F)N1CCC2(CCNCC2)C1. The number of hydrogen-bond acceptors (Lipinski definition) is 2. The number of carbonyl (C=O) groups excluding carboxylic acids is 1. The highest BCUT2D eigenvalue weighted by molar-refractivity contribution is 5.94. The van der Waals surface area contributed by atoms with Crippen LogP contribution in [0.3, 0.4) is 0 Å². The van der Waals surface area contributed by atoms with Crippen LogP contribution >= 0.6 is 12.4 Å². The van der Waals surface area contributed by atoms with Gasteiger partial charge in [-0.15, -0.1) is 12.4 Å². The quantitative estimate of drug-likeness (QED) is 0.864. The summed E-state index contributed by atoms with van der Waals surface area (Å²) in [7, 11) is 0. The zero-order valence-electron chi connectivity index (χ0n) is 11.7. The van der Waals surface area contributed by atoms with Gasteiger partial charge in [0.1, 0.15) is 0 Å². The predicted octanol–water partition coefficient (Wildman–Crippen LogP) is 2.60. The van der Waals surface area contributed by atoms with Gasteiger partial charge in [0.2, 0.25) is 0 Å². The van der Waals surface area contributed by atoms with Gasteiger partial charge in [0.05, 0.1) is 5.56 Å². The largest absolute Gasteiger partial charge is 0.338 e. The molecule has 0 saturated carbocycles. The van der Waals surface area contributed by atoms with Gasteiger partial charge < -0.3 is 10.2 Å². The molecule has 0 radical (unpaired) electrons. The van der Waals surface area contributed by atoms with Crippen molar-refractivity contribution in [1.29, 1.82) is 0 Å². The van der Waals surface area contributed by atoms with Gasteiger partial charge in [0.15, 0.2) is 11.6 Å². The Morgan fingerprint density at radius 1 is 1.19 bits per heavy atom. The zero-order valence-corrected chi connectivity index (χ0v) is 12.5. The van der Waals surface area contributed by atoms with E-state index < -0.39 is 17.5 Å². The van der Waals surface area contributed by atoms with E-state index in [0.717, 1.165) is 38.4 Å². The van der Waals surface area contributed by atoms with Crippen molar-refractivity contribution in [2.45, 2.75) is 19.3 Å². The van der Waals surface area contributed by atoms with Crippen LogP contribution in [0.4, 0.5) is 8.78 Å². The highest BCUT2D eigenvalue weighted by Crippen LogP contribution is 2.39. The van der Waals surface area contributed by atoms with Gasteiger partial charge in [-0.25, -0.2) is 8.78 Å². The van der Waals surface area contributed by atoms with Crippen LogP contribution in [0.1, 0.15) is 29.6 Å². The van der Waals surface area contributed by atoms with Crippen LogP contribution in [0.2, 0.25) is 0 Å². The maximum Gasteiger partial charge on any atom is 0.256 e. The van der Waals surface area contributed by atoms with Crippen molar-refractivity contribution < 1.29 is 13.6 Å². The third kappa shape index (κ3) is 3.04. The average molecular weight is 317 g/mol. The molecule has 3 nitrogen and oxygen atoms in total. The fourth-order valence-corrected chi connectivity index (χ4v) is 3.31. The second-order valence-corrected chi connectivity index (χ2v) is 5.83. The lowest BCUT2D eigenvalue weighted by molar-refractivity contribution is 0.0756. The number of hydrogen-bond donors (Lipinski definition) is 1. The van der Waals surface area contributed by atoms with Crippen molar-refractivity contribution >= 4 is 18.3 Å². The van der Waals surface area contributed by atoms with Crippen LogP contribution in [0.15, 0.2) is 18.2 Å². The zero-order chi connectivity index (χ0) is 14.2. The third-order valence-corrected chi connectivity index (χ3v) is 4.57. The molecule has 0 unspecified atom stereocenters. The van der Waals surface area contributed by atoms with Crippen molar-refractivity contribution in [3.05, 3.63) is 35.4 Å². The molecule has 3 rings (SSSR count). The number of likely N-dealkylation sites (tertiary alicyclic amines) is 1. The molecule has 0 aliphatic carbocycles. The highest BCUT2D eigenvalue weighted by Gasteiger charge is 2.41. The lowest BCUT2D eigenvalue weighted by Crippen LogP contribution is -2.39. The van der Waals surface area contributed by atoms with Gasteiger partial charge in [0, 0.05) is 13.1 Å². The molecule has 6 heteroatoms. The number of amides is 1. The smallest absolute Gasteiger partial charge is 0.256 e. The van der Waals surface area contributed by atoms with Gasteiger partial charge in [-0.1, -0.05) is 6.07 Å². The van der Waals surface area contributed by atoms with Gasteiger partial charge in [-0.05, 0) is 49.9 Å². The molecule has 2 fully saturated rings. The Kier molecular flexibility index (Phi) is 4.84. The summed E-state index contributed by atoms with van der Waals surface area (Å²) in [6, 6.07) is 3.76. The van der Waals surface area contributed by atoms with Crippen LogP contribution in [0.25, 0.3) is 0 Å². The first kappa shape index (κ1) is 16.2. The monoisotopic (exact) mass is 316 g/mol. The average Bonchev–Trinajstić information content (AvgIpc) is 2.86. The number of nitrogens with one attached hydrogen (secondary N) is 1. The topological polar surface area (TPSA) is 32.3 Å². The van der Waals surface area contributed by atoms with E-state index in [4.69, 9.17) is 0 Å². The van der Waals surface area contributed by atoms with Crippen LogP contribution in [0.5, 0.6) is 0 Å². The van der Waals surface area contributed by atoms with E-state index in [1.165, 1.54) is 12.1 Å². The van der Waals surface area contributed by atoms with E-state index in [2.05, 4.69) is 5.32 Å². The molecule has 1 spiro atoms. The minimum atomic E-state index is -1.04. The van der Waals surface area contributed by atoms with Gasteiger partial charge >= 0.3 is 0 Å². The molecular weight excluding hydrogens is 298 g/mol. The number of nitrogens with zero attached hydrogens (tertiary/aromatic N) is 1. The molecule has 1 aromatic rings. The first-order chi connectivity index (χ1) is 9.61. The summed E-state index contributed by atoms with van der Waals surface area (Å²) < 4.78 is 26.9. The van der Waals surface area contributed by atoms with E-state index in [9.17, 15) is 13.6 Å². The molecule has 21 heavy (non-hydrogen) atoms. The Balaban J connectivity index is 0.00000161. The molecule has 2 aliphatic heterocycles. The molecule has 2 aliphatic rings. The summed E-state index contributed by atoms with van der Waals surface area (Å²) in [5.74, 6) is -2.40. The first-order valence-corrected chi connectivity index (χ1v) is 7.05. The van der Waals surface area contributed by atoms with Gasteiger partial charge in [-0.3, -0.25) is 4.79 Å². The summed E-state index contributed by atoms with van der Waals surface area (Å²) in [6.07, 6.45) is 3.04. The van der Waals surface area contributed by atoms with E-state index in [0.29, 0.717) is 13.1 Å². The van der Waals surface area contributed by atoms with Crippen molar-refractivity contribution in [2.75, 3.05) is 26.2 Å². The maximum atomic E-state index is 13.7. The number of carbonyl (C=O) groups is 1. The fraction of sp³-hybridized carbons (Fsp3) is 0.533. The Bertz CT molecular complexity index is 532. The number of halogens is 3. The standard InChI is InChI=1S/C15H18F2N2O.ClH/c16-12-3-1-2-11(13(12)17)14(20)19-9-6-15(10-19)4-7-18-8-5-15;/h1-3,18H,4-10H2;1H. The van der Waals surface area contributed by atoms with Gasteiger partial charge in [0.25, 0.3) is 5.91 Å². The molecule has 0 bridgehead atoms. The molecule has 1 aromatic carbocycles. The Morgan fingerprint density at radius 2 is 1.90 bits per heavy atom. The Morgan fingerprint density at radius 3 is 2.62 bits per heavy atom. The van der Waals surface area contributed by atoms with E-state index >= 15 is 0 Å². The lowest BCUT2D eigenvalue weighted by atomic mass is 9.78. The second-order valence-electron chi connectivity index (χ2n) is 5.83. The molecule has 0 aromatic heterocycles. The molecule has 1 N–H and O–H groups in total. The minimum Gasteiger partial charge on any atom is -0.338 e. The van der Waals surface area contributed by atoms with Crippen LogP contribution in [0, 0.1) is 17.0 Å². The maximum absolute atomic E-state index is 13.7.